The molecular weight excluding hydrogens is 280 g/mol. The zero-order valence-electron chi connectivity index (χ0n) is 10.4. The first-order valence-corrected chi connectivity index (χ1v) is 5.96. The Kier molecular flexibility index (Phi) is 3.85. The summed E-state index contributed by atoms with van der Waals surface area (Å²) in [6, 6.07) is 6.35. The summed E-state index contributed by atoms with van der Waals surface area (Å²) in [7, 11) is 0. The Bertz CT molecular complexity index is 790. The third kappa shape index (κ3) is 3.04. The number of aromatic amines is 2. The van der Waals surface area contributed by atoms with Crippen molar-refractivity contribution >= 4 is 29.4 Å². The van der Waals surface area contributed by atoms with Crippen LogP contribution in [0.2, 0.25) is 0 Å². The minimum Gasteiger partial charge on any atom is -0.493 e. The van der Waals surface area contributed by atoms with E-state index in [0.717, 1.165) is 0 Å². The summed E-state index contributed by atoms with van der Waals surface area (Å²) in [5.74, 6) is -0.513. The van der Waals surface area contributed by atoms with Crippen molar-refractivity contribution in [3.8, 4) is 5.88 Å². The maximum absolute atomic E-state index is 11.5. The lowest BCUT2D eigenvalue weighted by molar-refractivity contribution is 0.101. The van der Waals surface area contributed by atoms with Gasteiger partial charge in [0.25, 0.3) is 5.56 Å². The Balaban J connectivity index is 2.32. The fourth-order valence-corrected chi connectivity index (χ4v) is 1.62. The molecule has 1 aromatic heterocycles. The molecular formula is C12H10N4O3S. The normalized spacial score (nSPS) is 10.8. The van der Waals surface area contributed by atoms with Crippen molar-refractivity contribution in [2.45, 2.75) is 6.92 Å². The summed E-state index contributed by atoms with van der Waals surface area (Å²) in [5, 5.41) is 17.0. The molecule has 1 aromatic carbocycles. The Morgan fingerprint density at radius 2 is 1.85 bits per heavy atom. The number of nitrogens with one attached hydrogen (secondary N) is 2. The van der Waals surface area contributed by atoms with Crippen LogP contribution in [0.3, 0.4) is 0 Å². The number of rotatable bonds is 3. The molecule has 2 aromatic rings. The van der Waals surface area contributed by atoms with Crippen LogP contribution in [0.4, 0.5) is 11.4 Å². The quantitative estimate of drug-likeness (QED) is 0.458. The highest BCUT2D eigenvalue weighted by molar-refractivity contribution is 7.71. The number of benzene rings is 1. The number of azo groups is 1. The lowest BCUT2D eigenvalue weighted by Gasteiger charge is -1.97. The van der Waals surface area contributed by atoms with Gasteiger partial charge in [-0.3, -0.25) is 14.6 Å². The van der Waals surface area contributed by atoms with Gasteiger partial charge in [-0.05, 0) is 43.4 Å². The first kappa shape index (κ1) is 13.8. The largest absolute Gasteiger partial charge is 0.493 e. The molecule has 102 valence electrons. The molecule has 0 aliphatic heterocycles. The summed E-state index contributed by atoms with van der Waals surface area (Å²) >= 11 is 4.69. The number of ketones is 1. The first-order valence-electron chi connectivity index (χ1n) is 5.55. The van der Waals surface area contributed by atoms with E-state index < -0.39 is 11.4 Å². The van der Waals surface area contributed by atoms with Crippen LogP contribution in [-0.4, -0.2) is 20.9 Å². The molecule has 0 aliphatic rings. The fraction of sp³-hybridized carbons (Fsp3) is 0.0833. The fourth-order valence-electron chi connectivity index (χ4n) is 1.43. The number of aromatic hydroxyl groups is 1. The minimum atomic E-state index is -0.643. The molecule has 0 unspecified atom stereocenters. The van der Waals surface area contributed by atoms with Crippen molar-refractivity contribution in [1.82, 2.24) is 9.97 Å². The third-order valence-electron chi connectivity index (χ3n) is 2.44. The van der Waals surface area contributed by atoms with Crippen LogP contribution in [0.15, 0.2) is 39.3 Å². The summed E-state index contributed by atoms with van der Waals surface area (Å²) in [4.78, 5) is 27.3. The van der Waals surface area contributed by atoms with Crippen molar-refractivity contribution in [3.05, 3.63) is 45.0 Å². The number of carbonyl (C=O) groups is 1. The molecule has 0 spiro atoms. The van der Waals surface area contributed by atoms with Crippen LogP contribution < -0.4 is 5.56 Å². The van der Waals surface area contributed by atoms with Crippen molar-refractivity contribution < 1.29 is 9.90 Å². The zero-order chi connectivity index (χ0) is 14.7. The van der Waals surface area contributed by atoms with Gasteiger partial charge in [-0.25, -0.2) is 0 Å². The van der Waals surface area contributed by atoms with E-state index in [-0.39, 0.29) is 16.2 Å². The van der Waals surface area contributed by atoms with Crippen LogP contribution in [0.1, 0.15) is 17.3 Å². The van der Waals surface area contributed by atoms with E-state index in [1.165, 1.54) is 6.92 Å². The number of nitrogens with zero attached hydrogens (tertiary/aromatic N) is 2. The molecule has 8 heteroatoms. The van der Waals surface area contributed by atoms with Crippen molar-refractivity contribution in [1.29, 1.82) is 0 Å². The monoisotopic (exact) mass is 290 g/mol. The number of carbonyl (C=O) groups excluding carboxylic acids is 1. The molecule has 1 heterocycles. The van der Waals surface area contributed by atoms with E-state index in [0.29, 0.717) is 11.3 Å². The lowest BCUT2D eigenvalue weighted by atomic mass is 10.1. The van der Waals surface area contributed by atoms with Crippen LogP contribution in [0.5, 0.6) is 5.88 Å². The van der Waals surface area contributed by atoms with Gasteiger partial charge in [-0.15, -0.1) is 5.11 Å². The smallest absolute Gasteiger partial charge is 0.283 e. The van der Waals surface area contributed by atoms with E-state index in [9.17, 15) is 14.7 Å². The highest BCUT2D eigenvalue weighted by atomic mass is 32.1. The van der Waals surface area contributed by atoms with Crippen molar-refractivity contribution in [2.75, 3.05) is 0 Å². The van der Waals surface area contributed by atoms with Crippen LogP contribution in [0, 0.1) is 4.77 Å². The van der Waals surface area contributed by atoms with E-state index >= 15 is 0 Å². The zero-order valence-corrected chi connectivity index (χ0v) is 11.2. The number of aromatic nitrogens is 2. The average Bonchev–Trinajstić information content (AvgIpc) is 2.38. The number of Topliss-reactive ketones (excluding diaryl/α,β-unsaturated/α-hetero) is 1. The molecule has 0 saturated heterocycles. The maximum atomic E-state index is 11.5. The average molecular weight is 290 g/mol. The van der Waals surface area contributed by atoms with E-state index in [2.05, 4.69) is 32.4 Å². The molecule has 0 radical (unpaired) electrons. The van der Waals surface area contributed by atoms with E-state index in [1.807, 2.05) is 0 Å². The molecule has 7 nitrogen and oxygen atoms in total. The maximum Gasteiger partial charge on any atom is 0.283 e. The predicted molar refractivity (Wildman–Crippen MR) is 74.5 cm³/mol. The minimum absolute atomic E-state index is 0.00254. The Hall–Kier alpha value is -2.61. The lowest BCUT2D eigenvalue weighted by Crippen LogP contribution is -2.06. The molecule has 3 N–H and O–H groups in total. The molecule has 0 aliphatic carbocycles. The van der Waals surface area contributed by atoms with Gasteiger partial charge >= 0.3 is 0 Å². The summed E-state index contributed by atoms with van der Waals surface area (Å²) in [5.41, 5.74) is 0.0780. The standard InChI is InChI=1S/C12H10N4O3S/c1-6(17)7-2-4-8(5-3-7)15-16-9-10(18)13-12(20)14-11(9)19/h2-5H,1H3,(H3,13,14,18,19,20). The van der Waals surface area contributed by atoms with Gasteiger partial charge in [-0.2, -0.15) is 5.11 Å². The molecule has 0 atom stereocenters. The molecule has 0 amide bonds. The predicted octanol–water partition coefficient (Wildman–Crippen LogP) is 2.76. The van der Waals surface area contributed by atoms with Gasteiger partial charge in [0, 0.05) is 5.56 Å². The van der Waals surface area contributed by atoms with Gasteiger partial charge in [0.15, 0.2) is 10.6 Å². The first-order chi connectivity index (χ1) is 9.47. The molecule has 20 heavy (non-hydrogen) atoms. The van der Waals surface area contributed by atoms with E-state index in [4.69, 9.17) is 0 Å². The number of H-pyrrole nitrogens is 2. The number of hydrogen-bond donors (Lipinski definition) is 3. The topological polar surface area (TPSA) is 111 Å². The van der Waals surface area contributed by atoms with E-state index in [1.54, 1.807) is 24.3 Å². The second kappa shape index (κ2) is 5.57. The third-order valence-corrected chi connectivity index (χ3v) is 2.64. The summed E-state index contributed by atoms with van der Waals surface area (Å²) in [6.45, 7) is 1.46. The Morgan fingerprint density at radius 3 is 2.40 bits per heavy atom. The van der Waals surface area contributed by atoms with Gasteiger partial charge in [0.1, 0.15) is 0 Å². The van der Waals surface area contributed by atoms with Gasteiger partial charge in [0.2, 0.25) is 11.6 Å². The highest BCUT2D eigenvalue weighted by Crippen LogP contribution is 2.21. The molecule has 0 saturated carbocycles. The summed E-state index contributed by atoms with van der Waals surface area (Å²) < 4.78 is -0.00254. The van der Waals surface area contributed by atoms with Crippen LogP contribution in [0.25, 0.3) is 0 Å². The van der Waals surface area contributed by atoms with Gasteiger partial charge in [0.05, 0.1) is 5.69 Å². The SMILES string of the molecule is CC(=O)c1ccc(N=Nc2c(O)[nH]c(=S)[nH]c2=O)cc1. The Labute approximate surface area is 118 Å². The van der Waals surface area contributed by atoms with Gasteiger partial charge in [-0.1, -0.05) is 0 Å². The molecule has 2 rings (SSSR count). The second-order valence-corrected chi connectivity index (χ2v) is 4.32. The van der Waals surface area contributed by atoms with Crippen molar-refractivity contribution in [2.24, 2.45) is 10.2 Å². The second-order valence-electron chi connectivity index (χ2n) is 3.91. The molecule has 0 bridgehead atoms. The van der Waals surface area contributed by atoms with Crippen molar-refractivity contribution in [3.63, 3.8) is 0 Å². The van der Waals surface area contributed by atoms with Crippen LogP contribution >= 0.6 is 12.2 Å². The number of hydrogen-bond acceptors (Lipinski definition) is 6. The van der Waals surface area contributed by atoms with Gasteiger partial charge < -0.3 is 10.1 Å². The van der Waals surface area contributed by atoms with Crippen LogP contribution in [-0.2, 0) is 0 Å². The highest BCUT2D eigenvalue weighted by Gasteiger charge is 2.06. The summed E-state index contributed by atoms with van der Waals surface area (Å²) in [6.07, 6.45) is 0. The Morgan fingerprint density at radius 1 is 1.20 bits per heavy atom. The molecule has 0 fully saturated rings.